The van der Waals surface area contributed by atoms with E-state index in [1.807, 2.05) is 20.3 Å². The van der Waals surface area contributed by atoms with Crippen molar-refractivity contribution >= 4 is 11.7 Å². The van der Waals surface area contributed by atoms with Crippen molar-refractivity contribution in [1.29, 1.82) is 0 Å². The molecule has 1 atom stereocenters. The molecule has 0 spiro atoms. The molecule has 0 amide bonds. The molecule has 1 unspecified atom stereocenters. The lowest BCUT2D eigenvalue weighted by Crippen LogP contribution is -1.96. The highest BCUT2D eigenvalue weighted by Crippen LogP contribution is 1.94. The Morgan fingerprint density at radius 3 is 2.57 bits per heavy atom. The molecule has 0 aliphatic heterocycles. The first-order valence-electron chi connectivity index (χ1n) is 2.37. The highest BCUT2D eigenvalue weighted by molar-refractivity contribution is 7.66. The third-order valence-electron chi connectivity index (χ3n) is 0.732. The summed E-state index contributed by atoms with van der Waals surface area (Å²) < 4.78 is 9.92. The van der Waals surface area contributed by atoms with Gasteiger partial charge in [0.15, 0.2) is 0 Å². The molecular formula is C5H10OS+. The summed E-state index contributed by atoms with van der Waals surface area (Å²) >= 11 is 0.668. The van der Waals surface area contributed by atoms with E-state index in [0.717, 1.165) is 6.42 Å². The monoisotopic (exact) mass is 118 g/mol. The molecule has 0 heterocycles. The maximum Gasteiger partial charge on any atom is 0.461 e. The van der Waals surface area contributed by atoms with Gasteiger partial charge < -0.3 is 0 Å². The molecule has 0 aromatic heterocycles. The van der Waals surface area contributed by atoms with Crippen molar-refractivity contribution in [3.63, 3.8) is 0 Å². The number of rotatable bonds is 3. The summed E-state index contributed by atoms with van der Waals surface area (Å²) in [4.78, 5) is 0. The van der Waals surface area contributed by atoms with Crippen LogP contribution in [0.4, 0.5) is 0 Å². The number of hydrogen-bond acceptors (Lipinski definition) is 1. The molecular weight excluding hydrogens is 108 g/mol. The molecule has 0 rings (SSSR count). The van der Waals surface area contributed by atoms with Gasteiger partial charge in [-0.3, -0.25) is 0 Å². The molecule has 0 aliphatic carbocycles. The Morgan fingerprint density at radius 2 is 2.43 bits per heavy atom. The molecule has 1 radical (unpaired) electrons. The van der Waals surface area contributed by atoms with Gasteiger partial charge in [-0.15, -0.1) is 0 Å². The molecule has 1 nitrogen and oxygen atoms in total. The lowest BCUT2D eigenvalue weighted by Gasteiger charge is -1.81. The Balaban J connectivity index is 2.98. The minimum atomic E-state index is 0.255. The molecule has 0 bridgehead atoms. The largest absolute Gasteiger partial charge is 0.461 e. The second-order valence-electron chi connectivity index (χ2n) is 1.55. The summed E-state index contributed by atoms with van der Waals surface area (Å²) in [6, 6.07) is 0. The SMILES string of the molecule is C[CH]CC(C)[S+]=O. The van der Waals surface area contributed by atoms with E-state index in [1.54, 1.807) is 0 Å². The quantitative estimate of drug-likeness (QED) is 0.512. The zero-order valence-corrected chi connectivity index (χ0v) is 5.49. The first-order valence-corrected chi connectivity index (χ1v) is 3.18. The molecule has 41 valence electrons. The molecule has 0 N–H and O–H groups in total. The summed E-state index contributed by atoms with van der Waals surface area (Å²) in [6.45, 7) is 3.89. The topological polar surface area (TPSA) is 17.1 Å². The van der Waals surface area contributed by atoms with E-state index in [9.17, 15) is 4.21 Å². The van der Waals surface area contributed by atoms with Gasteiger partial charge in [-0.05, 0) is 13.3 Å². The molecule has 0 aromatic rings. The van der Waals surface area contributed by atoms with Gasteiger partial charge in [-0.25, -0.2) is 0 Å². The van der Waals surface area contributed by atoms with Gasteiger partial charge in [0.2, 0.25) is 5.25 Å². The van der Waals surface area contributed by atoms with E-state index in [4.69, 9.17) is 0 Å². The van der Waals surface area contributed by atoms with Crippen LogP contribution in [-0.4, -0.2) is 5.25 Å². The van der Waals surface area contributed by atoms with Gasteiger partial charge in [0.25, 0.3) is 0 Å². The van der Waals surface area contributed by atoms with Gasteiger partial charge in [0, 0.05) is 10.6 Å². The van der Waals surface area contributed by atoms with Gasteiger partial charge in [0.05, 0.1) is 0 Å². The summed E-state index contributed by atoms with van der Waals surface area (Å²) in [5, 5.41) is 0.255. The Kier molecular flexibility index (Phi) is 4.20. The van der Waals surface area contributed by atoms with Crippen LogP contribution in [0.2, 0.25) is 0 Å². The summed E-state index contributed by atoms with van der Waals surface area (Å²) in [5.74, 6) is 0. The van der Waals surface area contributed by atoms with Gasteiger partial charge >= 0.3 is 11.7 Å². The lowest BCUT2D eigenvalue weighted by atomic mass is 10.3. The van der Waals surface area contributed by atoms with Crippen LogP contribution in [0, 0.1) is 6.42 Å². The fourth-order valence-corrected chi connectivity index (χ4v) is 0.642. The van der Waals surface area contributed by atoms with Crippen molar-refractivity contribution in [3.8, 4) is 0 Å². The van der Waals surface area contributed by atoms with Crippen molar-refractivity contribution in [2.75, 3.05) is 0 Å². The second kappa shape index (κ2) is 4.19. The minimum Gasteiger partial charge on any atom is -0.0620 e. The van der Waals surface area contributed by atoms with Crippen molar-refractivity contribution in [3.05, 3.63) is 6.42 Å². The Hall–Kier alpha value is 0.0200. The van der Waals surface area contributed by atoms with E-state index in [-0.39, 0.29) is 5.25 Å². The third kappa shape index (κ3) is 3.86. The van der Waals surface area contributed by atoms with Crippen LogP contribution in [0.15, 0.2) is 0 Å². The smallest absolute Gasteiger partial charge is 0.0620 e. The minimum absolute atomic E-state index is 0.255. The zero-order chi connectivity index (χ0) is 5.70. The van der Waals surface area contributed by atoms with Crippen molar-refractivity contribution in [2.45, 2.75) is 25.5 Å². The van der Waals surface area contributed by atoms with Crippen LogP contribution in [0.5, 0.6) is 0 Å². The maximum atomic E-state index is 9.92. The van der Waals surface area contributed by atoms with Crippen LogP contribution in [0.3, 0.4) is 0 Å². The predicted octanol–water partition coefficient (Wildman–Crippen LogP) is 1.42. The molecule has 0 saturated carbocycles. The number of hydrogen-bond donors (Lipinski definition) is 0. The van der Waals surface area contributed by atoms with E-state index in [0.29, 0.717) is 11.7 Å². The van der Waals surface area contributed by atoms with E-state index < -0.39 is 0 Å². The van der Waals surface area contributed by atoms with Crippen LogP contribution < -0.4 is 0 Å². The summed E-state index contributed by atoms with van der Waals surface area (Å²) in [6.07, 6.45) is 2.93. The van der Waals surface area contributed by atoms with Gasteiger partial charge in [-0.1, -0.05) is 6.92 Å². The molecule has 0 saturated heterocycles. The van der Waals surface area contributed by atoms with Crippen LogP contribution in [0.1, 0.15) is 20.3 Å². The standard InChI is InChI=1S/C5H10OS/c1-3-4-5(2)7-6/h3,5H,4H2,1-2H3/q+1. The fourth-order valence-electron chi connectivity index (χ4n) is 0.371. The van der Waals surface area contributed by atoms with Crippen molar-refractivity contribution in [1.82, 2.24) is 0 Å². The molecule has 0 aliphatic rings. The van der Waals surface area contributed by atoms with Crippen LogP contribution in [0.25, 0.3) is 0 Å². The normalized spacial score (nSPS) is 13.4. The van der Waals surface area contributed by atoms with Gasteiger partial charge in [-0.2, -0.15) is 0 Å². The Labute approximate surface area is 48.6 Å². The van der Waals surface area contributed by atoms with Crippen LogP contribution >= 0.6 is 0 Å². The highest BCUT2D eigenvalue weighted by Gasteiger charge is 2.10. The zero-order valence-electron chi connectivity index (χ0n) is 4.68. The molecule has 7 heavy (non-hydrogen) atoms. The average molecular weight is 118 g/mol. The summed E-state index contributed by atoms with van der Waals surface area (Å²) in [5.41, 5.74) is 0. The Bertz CT molecular complexity index is 54.0. The van der Waals surface area contributed by atoms with E-state index >= 15 is 0 Å². The molecule has 0 fully saturated rings. The fraction of sp³-hybridized carbons (Fsp3) is 0.800. The Morgan fingerprint density at radius 1 is 1.86 bits per heavy atom. The van der Waals surface area contributed by atoms with Crippen molar-refractivity contribution in [2.24, 2.45) is 0 Å². The first kappa shape index (κ1) is 7.02. The average Bonchev–Trinajstić information content (AvgIpc) is 1.68. The van der Waals surface area contributed by atoms with E-state index in [1.165, 1.54) is 0 Å². The lowest BCUT2D eigenvalue weighted by molar-refractivity contribution is 0.598. The molecule has 0 aromatic carbocycles. The van der Waals surface area contributed by atoms with E-state index in [2.05, 4.69) is 0 Å². The predicted molar refractivity (Wildman–Crippen MR) is 32.1 cm³/mol. The second-order valence-corrected chi connectivity index (χ2v) is 2.55. The van der Waals surface area contributed by atoms with Crippen molar-refractivity contribution < 1.29 is 4.21 Å². The van der Waals surface area contributed by atoms with Crippen LogP contribution in [-0.2, 0) is 15.9 Å². The maximum absolute atomic E-state index is 9.92. The highest BCUT2D eigenvalue weighted by atomic mass is 32.1. The molecule has 2 heteroatoms. The first-order chi connectivity index (χ1) is 3.31. The third-order valence-corrected chi connectivity index (χ3v) is 1.25. The summed E-state index contributed by atoms with van der Waals surface area (Å²) in [7, 11) is 0. The van der Waals surface area contributed by atoms with Gasteiger partial charge in [0.1, 0.15) is 0 Å².